The van der Waals surface area contributed by atoms with Crippen LogP contribution < -0.4 is 10.6 Å². The molecule has 30 heavy (non-hydrogen) atoms. The van der Waals surface area contributed by atoms with Gasteiger partial charge in [-0.15, -0.1) is 0 Å². The van der Waals surface area contributed by atoms with Crippen LogP contribution in [0.3, 0.4) is 0 Å². The number of alkyl halides is 3. The molecule has 0 saturated carbocycles. The molecule has 10 heteroatoms. The SMILES string of the molecule is CNc1nc(-c2ccccc2C(F)(F)F)nc(Nc2cc(C)[nH]n2)c1CCN(C)C. The standard InChI is InChI=1S/C20H24F3N7/c1-12-11-16(29-28-12)25-19-14(9-10-30(3)4)17(24-2)26-18(27-19)13-7-5-6-8-15(13)20(21,22)23/h5-8,11H,9-10H2,1-4H3,(H3,24,25,26,27,28,29). The number of nitrogens with zero attached hydrogens (tertiary/aromatic N) is 4. The molecule has 0 radical (unpaired) electrons. The van der Waals surface area contributed by atoms with Crippen molar-refractivity contribution >= 4 is 17.5 Å². The summed E-state index contributed by atoms with van der Waals surface area (Å²) in [7, 11) is 5.57. The summed E-state index contributed by atoms with van der Waals surface area (Å²) < 4.78 is 40.6. The van der Waals surface area contributed by atoms with Gasteiger partial charge in [0.15, 0.2) is 11.6 Å². The molecule has 160 valence electrons. The fraction of sp³-hybridized carbons (Fsp3) is 0.350. The number of likely N-dealkylation sites (N-methyl/N-ethyl adjacent to an activating group) is 1. The van der Waals surface area contributed by atoms with Gasteiger partial charge in [0.1, 0.15) is 11.6 Å². The van der Waals surface area contributed by atoms with Gasteiger partial charge < -0.3 is 15.5 Å². The summed E-state index contributed by atoms with van der Waals surface area (Å²) in [6.45, 7) is 2.57. The van der Waals surface area contributed by atoms with Crippen molar-refractivity contribution in [2.24, 2.45) is 0 Å². The van der Waals surface area contributed by atoms with Crippen molar-refractivity contribution in [3.63, 3.8) is 0 Å². The molecule has 0 fully saturated rings. The van der Waals surface area contributed by atoms with E-state index < -0.39 is 11.7 Å². The lowest BCUT2D eigenvalue weighted by molar-refractivity contribution is -0.137. The lowest BCUT2D eigenvalue weighted by atomic mass is 10.1. The van der Waals surface area contributed by atoms with E-state index in [9.17, 15) is 13.2 Å². The number of aromatic nitrogens is 4. The normalized spacial score (nSPS) is 11.7. The highest BCUT2D eigenvalue weighted by Crippen LogP contribution is 2.37. The van der Waals surface area contributed by atoms with Crippen LogP contribution in [0.25, 0.3) is 11.4 Å². The van der Waals surface area contributed by atoms with Crippen LogP contribution in [0, 0.1) is 6.92 Å². The summed E-state index contributed by atoms with van der Waals surface area (Å²) in [5.41, 5.74) is 0.745. The smallest absolute Gasteiger partial charge is 0.373 e. The zero-order chi connectivity index (χ0) is 21.9. The van der Waals surface area contributed by atoms with Crippen LogP contribution in [-0.4, -0.2) is 52.8 Å². The van der Waals surface area contributed by atoms with E-state index in [1.54, 1.807) is 13.1 Å². The van der Waals surface area contributed by atoms with Crippen molar-refractivity contribution < 1.29 is 13.2 Å². The fourth-order valence-electron chi connectivity index (χ4n) is 3.02. The average molecular weight is 419 g/mol. The first-order chi connectivity index (χ1) is 14.2. The van der Waals surface area contributed by atoms with Crippen LogP contribution in [0.1, 0.15) is 16.8 Å². The van der Waals surface area contributed by atoms with E-state index in [0.717, 1.165) is 17.3 Å². The molecule has 0 amide bonds. The van der Waals surface area contributed by atoms with E-state index >= 15 is 0 Å². The van der Waals surface area contributed by atoms with Gasteiger partial charge in [-0.25, -0.2) is 9.97 Å². The summed E-state index contributed by atoms with van der Waals surface area (Å²) in [6, 6.07) is 7.08. The fourth-order valence-corrected chi connectivity index (χ4v) is 3.02. The second-order valence-electron chi connectivity index (χ2n) is 7.13. The van der Waals surface area contributed by atoms with Crippen molar-refractivity contribution in [2.75, 3.05) is 38.3 Å². The highest BCUT2D eigenvalue weighted by Gasteiger charge is 2.34. The number of halogens is 3. The van der Waals surface area contributed by atoms with Gasteiger partial charge in [-0.1, -0.05) is 18.2 Å². The minimum Gasteiger partial charge on any atom is -0.373 e. The number of H-pyrrole nitrogens is 1. The molecular weight excluding hydrogens is 395 g/mol. The maximum absolute atomic E-state index is 13.5. The average Bonchev–Trinajstić information content (AvgIpc) is 3.10. The Kier molecular flexibility index (Phi) is 6.25. The Labute approximate surface area is 172 Å². The van der Waals surface area contributed by atoms with E-state index in [1.165, 1.54) is 18.2 Å². The van der Waals surface area contributed by atoms with Gasteiger partial charge in [-0.05, 0) is 33.5 Å². The number of hydrogen-bond donors (Lipinski definition) is 3. The Balaban J connectivity index is 2.15. The molecule has 0 spiro atoms. The van der Waals surface area contributed by atoms with Crippen LogP contribution in [0.2, 0.25) is 0 Å². The Morgan fingerprint density at radius 3 is 2.40 bits per heavy atom. The first kappa shape index (κ1) is 21.6. The molecule has 2 aromatic heterocycles. The Hall–Kier alpha value is -3.14. The van der Waals surface area contributed by atoms with Crippen LogP contribution >= 0.6 is 0 Å². The van der Waals surface area contributed by atoms with Gasteiger partial charge in [0.25, 0.3) is 0 Å². The van der Waals surface area contributed by atoms with Gasteiger partial charge in [0, 0.05) is 36.5 Å². The molecule has 1 aromatic carbocycles. The molecule has 2 heterocycles. The third-order valence-electron chi connectivity index (χ3n) is 4.48. The van der Waals surface area contributed by atoms with Crippen LogP contribution in [-0.2, 0) is 12.6 Å². The number of hydrogen-bond acceptors (Lipinski definition) is 6. The molecule has 3 aromatic rings. The Morgan fingerprint density at radius 1 is 1.10 bits per heavy atom. The van der Waals surface area contributed by atoms with Crippen LogP contribution in [0.4, 0.5) is 30.6 Å². The zero-order valence-corrected chi connectivity index (χ0v) is 17.2. The van der Waals surface area contributed by atoms with Gasteiger partial charge in [-0.2, -0.15) is 18.3 Å². The van der Waals surface area contributed by atoms with Crippen molar-refractivity contribution in [3.05, 3.63) is 47.2 Å². The molecule has 3 rings (SSSR count). The molecule has 0 aliphatic carbocycles. The number of benzene rings is 1. The first-order valence-corrected chi connectivity index (χ1v) is 9.38. The molecule has 7 nitrogen and oxygen atoms in total. The van der Waals surface area contributed by atoms with E-state index in [2.05, 4.69) is 30.8 Å². The highest BCUT2D eigenvalue weighted by molar-refractivity contribution is 5.70. The second kappa shape index (κ2) is 8.70. The quantitative estimate of drug-likeness (QED) is 0.535. The van der Waals surface area contributed by atoms with Crippen LogP contribution in [0.5, 0.6) is 0 Å². The van der Waals surface area contributed by atoms with E-state index in [-0.39, 0.29) is 11.4 Å². The molecule has 0 unspecified atom stereocenters. The minimum absolute atomic E-state index is 0.0179. The van der Waals surface area contributed by atoms with Gasteiger partial charge in [0.2, 0.25) is 0 Å². The number of anilines is 3. The molecule has 0 aliphatic rings. The molecule has 0 saturated heterocycles. The van der Waals surface area contributed by atoms with Gasteiger partial charge in [-0.3, -0.25) is 5.10 Å². The third-order valence-corrected chi connectivity index (χ3v) is 4.48. The first-order valence-electron chi connectivity index (χ1n) is 9.38. The summed E-state index contributed by atoms with van der Waals surface area (Å²) in [5.74, 6) is 1.38. The molecule has 0 atom stereocenters. The molecule has 0 aliphatic heterocycles. The summed E-state index contributed by atoms with van der Waals surface area (Å²) in [6.07, 6.45) is -3.92. The van der Waals surface area contributed by atoms with Crippen LogP contribution in [0.15, 0.2) is 30.3 Å². The predicted octanol–water partition coefficient (Wildman–Crippen LogP) is 4.08. The number of aryl methyl sites for hydroxylation is 1. The largest absolute Gasteiger partial charge is 0.417 e. The maximum Gasteiger partial charge on any atom is 0.417 e. The number of rotatable bonds is 7. The van der Waals surface area contributed by atoms with Gasteiger partial charge in [0.05, 0.1) is 5.56 Å². The summed E-state index contributed by atoms with van der Waals surface area (Å²) in [4.78, 5) is 10.9. The van der Waals surface area contributed by atoms with E-state index in [0.29, 0.717) is 30.4 Å². The molecule has 0 bridgehead atoms. The minimum atomic E-state index is -4.52. The third kappa shape index (κ3) is 4.88. The van der Waals surface area contributed by atoms with E-state index in [4.69, 9.17) is 0 Å². The van der Waals surface area contributed by atoms with Gasteiger partial charge >= 0.3 is 6.18 Å². The maximum atomic E-state index is 13.5. The lowest BCUT2D eigenvalue weighted by Crippen LogP contribution is -2.18. The Bertz CT molecular complexity index is 1010. The monoisotopic (exact) mass is 419 g/mol. The van der Waals surface area contributed by atoms with Crippen molar-refractivity contribution in [1.82, 2.24) is 25.1 Å². The number of nitrogens with one attached hydrogen (secondary N) is 3. The lowest BCUT2D eigenvalue weighted by Gasteiger charge is -2.18. The Morgan fingerprint density at radius 2 is 1.80 bits per heavy atom. The van der Waals surface area contributed by atoms with Crippen molar-refractivity contribution in [1.29, 1.82) is 0 Å². The van der Waals surface area contributed by atoms with Crippen molar-refractivity contribution in [3.8, 4) is 11.4 Å². The van der Waals surface area contributed by atoms with E-state index in [1.807, 2.05) is 25.9 Å². The number of aromatic amines is 1. The predicted molar refractivity (Wildman–Crippen MR) is 111 cm³/mol. The second-order valence-corrected chi connectivity index (χ2v) is 7.13. The zero-order valence-electron chi connectivity index (χ0n) is 17.2. The highest BCUT2D eigenvalue weighted by atomic mass is 19.4. The molecular formula is C20H24F3N7. The van der Waals surface area contributed by atoms with Crippen molar-refractivity contribution in [2.45, 2.75) is 19.5 Å². The summed E-state index contributed by atoms with van der Waals surface area (Å²) in [5, 5.41) is 13.1. The topological polar surface area (TPSA) is 81.8 Å². The summed E-state index contributed by atoms with van der Waals surface area (Å²) >= 11 is 0. The molecule has 3 N–H and O–H groups in total.